The Morgan fingerprint density at radius 3 is 2.29 bits per heavy atom. The van der Waals surface area contributed by atoms with Gasteiger partial charge < -0.3 is 14.9 Å². The second kappa shape index (κ2) is 7.31. The smallest absolute Gasteiger partial charge is 0.313 e. The second-order valence-corrected chi connectivity index (χ2v) is 5.72. The molecular weight excluding hydrogens is 295 g/mol. The number of nitrogens with zero attached hydrogens (tertiary/aromatic N) is 2. The molecule has 1 fully saturated rings. The van der Waals surface area contributed by atoms with E-state index in [1.54, 1.807) is 17.0 Å². The van der Waals surface area contributed by atoms with E-state index in [0.717, 1.165) is 17.4 Å². The molecule has 0 aliphatic carbocycles. The molecule has 1 aromatic carbocycles. The summed E-state index contributed by atoms with van der Waals surface area (Å²) in [6, 6.07) is 6.32. The molecule has 7 heteroatoms. The summed E-state index contributed by atoms with van der Waals surface area (Å²) in [5.41, 5.74) is 0.948. The average molecular weight is 312 g/mol. The summed E-state index contributed by atoms with van der Waals surface area (Å²) in [7, 11) is 0. The highest BCUT2D eigenvalue weighted by atomic mass is 32.2. The fourth-order valence-electron chi connectivity index (χ4n) is 2.18. The molecule has 1 amide bonds. The number of piperazine rings is 1. The van der Waals surface area contributed by atoms with Crippen molar-refractivity contribution < 1.29 is 19.1 Å². The molecule has 1 saturated heterocycles. The minimum Gasteiger partial charge on any atom is -0.481 e. The Balaban J connectivity index is 1.78. The van der Waals surface area contributed by atoms with Crippen molar-refractivity contribution >= 4 is 29.3 Å². The second-order valence-electron chi connectivity index (χ2n) is 4.73. The van der Waals surface area contributed by atoms with E-state index in [-0.39, 0.29) is 23.2 Å². The Hall–Kier alpha value is -1.76. The molecule has 0 aromatic heterocycles. The molecule has 1 aromatic rings. The number of benzene rings is 1. The molecule has 0 unspecified atom stereocenters. The van der Waals surface area contributed by atoms with E-state index in [2.05, 4.69) is 4.90 Å². The molecule has 0 radical (unpaired) electrons. The van der Waals surface area contributed by atoms with Gasteiger partial charge in [0, 0.05) is 31.9 Å². The summed E-state index contributed by atoms with van der Waals surface area (Å²) < 4.78 is 12.9. The highest BCUT2D eigenvalue weighted by Gasteiger charge is 2.21. The van der Waals surface area contributed by atoms with Crippen LogP contribution in [0, 0.1) is 5.82 Å². The van der Waals surface area contributed by atoms with Gasteiger partial charge in [0.25, 0.3) is 0 Å². The van der Waals surface area contributed by atoms with Crippen LogP contribution in [0.3, 0.4) is 0 Å². The van der Waals surface area contributed by atoms with E-state index in [9.17, 15) is 14.0 Å². The highest BCUT2D eigenvalue weighted by molar-refractivity contribution is 8.00. The lowest BCUT2D eigenvalue weighted by atomic mass is 10.2. The van der Waals surface area contributed by atoms with Gasteiger partial charge in [-0.15, -0.1) is 11.8 Å². The zero-order valence-corrected chi connectivity index (χ0v) is 12.3. The first-order valence-corrected chi connectivity index (χ1v) is 7.79. The number of carbonyl (C=O) groups is 2. The fraction of sp³-hybridized carbons (Fsp3) is 0.429. The maximum absolute atomic E-state index is 12.9. The minimum atomic E-state index is -0.908. The number of thioether (sulfide) groups is 1. The predicted molar refractivity (Wildman–Crippen MR) is 80.2 cm³/mol. The van der Waals surface area contributed by atoms with Crippen LogP contribution in [0.5, 0.6) is 0 Å². The van der Waals surface area contributed by atoms with Crippen LogP contribution >= 0.6 is 11.8 Å². The van der Waals surface area contributed by atoms with E-state index in [1.807, 2.05) is 0 Å². The van der Waals surface area contributed by atoms with Crippen molar-refractivity contribution in [1.29, 1.82) is 0 Å². The largest absolute Gasteiger partial charge is 0.481 e. The molecule has 114 valence electrons. The topological polar surface area (TPSA) is 60.9 Å². The molecule has 0 atom stereocenters. The normalized spacial score (nSPS) is 15.1. The number of carboxylic acid groups (broad SMARTS) is 1. The molecule has 0 bridgehead atoms. The molecule has 1 heterocycles. The van der Waals surface area contributed by atoms with Crippen molar-refractivity contribution in [3.8, 4) is 0 Å². The molecule has 5 nitrogen and oxygen atoms in total. The Kier molecular flexibility index (Phi) is 5.44. The number of amides is 1. The summed E-state index contributed by atoms with van der Waals surface area (Å²) in [4.78, 5) is 26.2. The molecule has 1 aliphatic rings. The number of hydrogen-bond acceptors (Lipinski definition) is 4. The van der Waals surface area contributed by atoms with Crippen LogP contribution in [0.25, 0.3) is 0 Å². The first-order valence-electron chi connectivity index (χ1n) is 6.64. The Labute approximate surface area is 126 Å². The number of anilines is 1. The lowest BCUT2D eigenvalue weighted by molar-refractivity contribution is -0.133. The van der Waals surface area contributed by atoms with Crippen molar-refractivity contribution in [3.63, 3.8) is 0 Å². The van der Waals surface area contributed by atoms with Gasteiger partial charge in [0.1, 0.15) is 5.82 Å². The lowest BCUT2D eigenvalue weighted by Gasteiger charge is -2.36. The van der Waals surface area contributed by atoms with Crippen molar-refractivity contribution in [2.24, 2.45) is 0 Å². The third kappa shape index (κ3) is 4.63. The van der Waals surface area contributed by atoms with Gasteiger partial charge in [0.05, 0.1) is 11.5 Å². The molecule has 21 heavy (non-hydrogen) atoms. The molecule has 2 rings (SSSR count). The average Bonchev–Trinajstić information content (AvgIpc) is 2.48. The van der Waals surface area contributed by atoms with Crippen LogP contribution in [0.1, 0.15) is 0 Å². The monoisotopic (exact) mass is 312 g/mol. The number of rotatable bonds is 5. The maximum Gasteiger partial charge on any atom is 0.313 e. The standard InChI is InChI=1S/C14H17FN2O3S/c15-11-1-3-12(4-2-11)16-5-7-17(8-6-16)13(18)9-21-10-14(19)20/h1-4H,5-10H2,(H,19,20). The minimum absolute atomic E-state index is 0.0278. The van der Waals surface area contributed by atoms with Crippen LogP contribution in [0.4, 0.5) is 10.1 Å². The number of halogens is 1. The number of hydrogen-bond donors (Lipinski definition) is 1. The van der Waals surface area contributed by atoms with Crippen LogP contribution in [0.15, 0.2) is 24.3 Å². The van der Waals surface area contributed by atoms with Gasteiger partial charge in [0.2, 0.25) is 5.91 Å². The predicted octanol–water partition coefficient (Wildman–Crippen LogP) is 1.29. The highest BCUT2D eigenvalue weighted by Crippen LogP contribution is 2.17. The van der Waals surface area contributed by atoms with Crippen molar-refractivity contribution in [3.05, 3.63) is 30.1 Å². The van der Waals surface area contributed by atoms with E-state index in [0.29, 0.717) is 26.2 Å². The van der Waals surface area contributed by atoms with E-state index < -0.39 is 5.97 Å². The summed E-state index contributed by atoms with van der Waals surface area (Å²) in [6.07, 6.45) is 0. The third-order valence-electron chi connectivity index (χ3n) is 3.28. The van der Waals surface area contributed by atoms with Gasteiger partial charge in [-0.05, 0) is 24.3 Å². The van der Waals surface area contributed by atoms with Crippen LogP contribution in [-0.4, -0.2) is 59.6 Å². The molecule has 0 saturated carbocycles. The van der Waals surface area contributed by atoms with Crippen molar-refractivity contribution in [2.45, 2.75) is 0 Å². The number of carboxylic acids is 1. The SMILES string of the molecule is O=C(O)CSCC(=O)N1CCN(c2ccc(F)cc2)CC1. The molecular formula is C14H17FN2O3S. The molecule has 0 spiro atoms. The zero-order chi connectivity index (χ0) is 15.2. The first-order chi connectivity index (χ1) is 10.1. The van der Waals surface area contributed by atoms with Gasteiger partial charge in [-0.25, -0.2) is 4.39 Å². The van der Waals surface area contributed by atoms with Crippen LogP contribution in [-0.2, 0) is 9.59 Å². The summed E-state index contributed by atoms with van der Waals surface area (Å²) in [6.45, 7) is 2.59. The third-order valence-corrected chi connectivity index (χ3v) is 4.18. The van der Waals surface area contributed by atoms with Gasteiger partial charge in [0.15, 0.2) is 0 Å². The Bertz CT molecular complexity index is 501. The van der Waals surface area contributed by atoms with Crippen LogP contribution in [0.2, 0.25) is 0 Å². The summed E-state index contributed by atoms with van der Waals surface area (Å²) >= 11 is 1.12. The molecule has 1 N–H and O–H groups in total. The van der Waals surface area contributed by atoms with Gasteiger partial charge in [-0.2, -0.15) is 0 Å². The Morgan fingerprint density at radius 1 is 1.10 bits per heavy atom. The van der Waals surface area contributed by atoms with Crippen molar-refractivity contribution in [2.75, 3.05) is 42.6 Å². The number of aliphatic carboxylic acids is 1. The number of carbonyl (C=O) groups excluding carboxylic acids is 1. The quantitative estimate of drug-likeness (QED) is 0.888. The van der Waals surface area contributed by atoms with Crippen molar-refractivity contribution in [1.82, 2.24) is 4.90 Å². The van der Waals surface area contributed by atoms with E-state index in [1.165, 1.54) is 12.1 Å². The first kappa shape index (κ1) is 15.6. The molecule has 1 aliphatic heterocycles. The van der Waals surface area contributed by atoms with Gasteiger partial charge >= 0.3 is 5.97 Å². The van der Waals surface area contributed by atoms with Gasteiger partial charge in [-0.3, -0.25) is 9.59 Å². The summed E-state index contributed by atoms with van der Waals surface area (Å²) in [5.74, 6) is -1.05. The van der Waals surface area contributed by atoms with Gasteiger partial charge in [-0.1, -0.05) is 0 Å². The Morgan fingerprint density at radius 2 is 1.71 bits per heavy atom. The lowest BCUT2D eigenvalue weighted by Crippen LogP contribution is -2.49. The zero-order valence-electron chi connectivity index (χ0n) is 11.5. The summed E-state index contributed by atoms with van der Waals surface area (Å²) in [5, 5.41) is 8.54. The van der Waals surface area contributed by atoms with E-state index in [4.69, 9.17) is 5.11 Å². The van der Waals surface area contributed by atoms with E-state index >= 15 is 0 Å². The fourth-order valence-corrected chi connectivity index (χ4v) is 2.82. The maximum atomic E-state index is 12.9. The van der Waals surface area contributed by atoms with Crippen LogP contribution < -0.4 is 4.90 Å².